The van der Waals surface area contributed by atoms with Gasteiger partial charge in [0.05, 0.1) is 12.5 Å². The number of anilines is 1. The molecule has 6 heteroatoms. The average molecular weight is 274 g/mol. The SMILES string of the molecule is CN(C)c1ncc(CNCc2ccoc2)s1.Cl. The third kappa shape index (κ3) is 4.03. The average Bonchev–Trinajstić information content (AvgIpc) is 2.87. The fraction of sp³-hybridized carbons (Fsp3) is 0.364. The second-order valence-electron chi connectivity index (χ2n) is 3.74. The first kappa shape index (κ1) is 14.0. The van der Waals surface area contributed by atoms with Crippen molar-refractivity contribution in [3.05, 3.63) is 35.2 Å². The number of hydrogen-bond acceptors (Lipinski definition) is 5. The summed E-state index contributed by atoms with van der Waals surface area (Å²) in [6, 6.07) is 1.96. The summed E-state index contributed by atoms with van der Waals surface area (Å²) in [7, 11) is 4.00. The summed E-state index contributed by atoms with van der Waals surface area (Å²) in [5, 5.41) is 4.39. The number of thiazole rings is 1. The molecule has 0 aliphatic carbocycles. The minimum Gasteiger partial charge on any atom is -0.472 e. The summed E-state index contributed by atoms with van der Waals surface area (Å²) in [5.74, 6) is 0. The van der Waals surface area contributed by atoms with Crippen LogP contribution in [0.3, 0.4) is 0 Å². The van der Waals surface area contributed by atoms with E-state index < -0.39 is 0 Å². The van der Waals surface area contributed by atoms with Gasteiger partial charge in [-0.1, -0.05) is 0 Å². The maximum Gasteiger partial charge on any atom is 0.185 e. The summed E-state index contributed by atoms with van der Waals surface area (Å²) in [5.41, 5.74) is 1.16. The van der Waals surface area contributed by atoms with Gasteiger partial charge in [0.2, 0.25) is 0 Å². The fourth-order valence-electron chi connectivity index (χ4n) is 1.31. The molecule has 0 aliphatic rings. The van der Waals surface area contributed by atoms with Gasteiger partial charge in [0.15, 0.2) is 5.13 Å². The number of aromatic nitrogens is 1. The summed E-state index contributed by atoms with van der Waals surface area (Å²) < 4.78 is 5.00. The lowest BCUT2D eigenvalue weighted by atomic mass is 10.3. The summed E-state index contributed by atoms with van der Waals surface area (Å²) >= 11 is 1.71. The van der Waals surface area contributed by atoms with E-state index in [1.165, 1.54) is 4.88 Å². The molecule has 4 nitrogen and oxygen atoms in total. The lowest BCUT2D eigenvalue weighted by Gasteiger charge is -2.05. The van der Waals surface area contributed by atoms with Crippen LogP contribution in [-0.4, -0.2) is 19.1 Å². The third-order valence-electron chi connectivity index (χ3n) is 2.13. The van der Waals surface area contributed by atoms with E-state index in [0.717, 1.165) is 23.8 Å². The smallest absolute Gasteiger partial charge is 0.185 e. The van der Waals surface area contributed by atoms with Crippen LogP contribution in [0.2, 0.25) is 0 Å². The van der Waals surface area contributed by atoms with Gasteiger partial charge in [-0.3, -0.25) is 0 Å². The Balaban J connectivity index is 0.00000144. The molecule has 0 saturated heterocycles. The van der Waals surface area contributed by atoms with Gasteiger partial charge in [0.1, 0.15) is 0 Å². The van der Waals surface area contributed by atoms with E-state index >= 15 is 0 Å². The molecule has 17 heavy (non-hydrogen) atoms. The highest BCUT2D eigenvalue weighted by atomic mass is 35.5. The predicted octanol–water partition coefficient (Wildman–Crippen LogP) is 2.51. The van der Waals surface area contributed by atoms with Crippen molar-refractivity contribution < 1.29 is 4.42 Å². The van der Waals surface area contributed by atoms with Crippen LogP contribution >= 0.6 is 23.7 Å². The molecule has 0 fully saturated rings. The highest BCUT2D eigenvalue weighted by Gasteiger charge is 2.03. The van der Waals surface area contributed by atoms with E-state index in [-0.39, 0.29) is 12.4 Å². The Labute approximate surface area is 111 Å². The Hall–Kier alpha value is -1.04. The van der Waals surface area contributed by atoms with E-state index in [0.29, 0.717) is 0 Å². The number of halogens is 1. The van der Waals surface area contributed by atoms with Gasteiger partial charge in [0.25, 0.3) is 0 Å². The van der Waals surface area contributed by atoms with Crippen molar-refractivity contribution in [1.82, 2.24) is 10.3 Å². The Bertz CT molecular complexity index is 428. The Kier molecular flexibility index (Phi) is 5.47. The van der Waals surface area contributed by atoms with Crippen LogP contribution in [0.1, 0.15) is 10.4 Å². The maximum absolute atomic E-state index is 5.00. The molecule has 0 unspecified atom stereocenters. The zero-order chi connectivity index (χ0) is 11.4. The standard InChI is InChI=1S/C11H15N3OS.ClH/c1-14(2)11-13-7-10(16-11)6-12-5-9-3-4-15-8-9;/h3-4,7-8,12H,5-6H2,1-2H3;1H. The quantitative estimate of drug-likeness (QED) is 0.909. The molecule has 0 spiro atoms. The van der Waals surface area contributed by atoms with Crippen LogP contribution < -0.4 is 10.2 Å². The predicted molar refractivity (Wildman–Crippen MR) is 72.9 cm³/mol. The largest absolute Gasteiger partial charge is 0.472 e. The van der Waals surface area contributed by atoms with Crippen LogP contribution in [0.25, 0.3) is 0 Å². The van der Waals surface area contributed by atoms with Crippen LogP contribution in [-0.2, 0) is 13.1 Å². The van der Waals surface area contributed by atoms with Gasteiger partial charge in [-0.2, -0.15) is 0 Å². The molecule has 2 aromatic rings. The van der Waals surface area contributed by atoms with Crippen LogP contribution in [0, 0.1) is 0 Å². The Morgan fingerprint density at radius 2 is 2.24 bits per heavy atom. The first-order chi connectivity index (χ1) is 7.75. The number of furan rings is 1. The first-order valence-corrected chi connectivity index (χ1v) is 5.91. The normalized spacial score (nSPS) is 10.0. The molecule has 0 atom stereocenters. The van der Waals surface area contributed by atoms with Gasteiger partial charge >= 0.3 is 0 Å². The van der Waals surface area contributed by atoms with E-state index in [4.69, 9.17) is 4.42 Å². The molecule has 2 aromatic heterocycles. The monoisotopic (exact) mass is 273 g/mol. The fourth-order valence-corrected chi connectivity index (χ4v) is 2.11. The second kappa shape index (κ2) is 6.64. The Morgan fingerprint density at radius 3 is 2.82 bits per heavy atom. The summed E-state index contributed by atoms with van der Waals surface area (Å²) in [6.07, 6.45) is 5.36. The topological polar surface area (TPSA) is 41.3 Å². The summed E-state index contributed by atoms with van der Waals surface area (Å²) in [6.45, 7) is 1.67. The molecular formula is C11H16ClN3OS. The first-order valence-electron chi connectivity index (χ1n) is 5.09. The number of nitrogens with one attached hydrogen (secondary N) is 1. The van der Waals surface area contributed by atoms with Crippen molar-refractivity contribution in [1.29, 1.82) is 0 Å². The molecule has 0 radical (unpaired) electrons. The van der Waals surface area contributed by atoms with Crippen molar-refractivity contribution in [3.63, 3.8) is 0 Å². The van der Waals surface area contributed by atoms with Gasteiger partial charge in [-0.05, 0) is 6.07 Å². The molecular weight excluding hydrogens is 258 g/mol. The van der Waals surface area contributed by atoms with E-state index in [2.05, 4.69) is 10.3 Å². The minimum atomic E-state index is 0. The van der Waals surface area contributed by atoms with Crippen molar-refractivity contribution in [2.75, 3.05) is 19.0 Å². The molecule has 0 aromatic carbocycles. The number of hydrogen-bond donors (Lipinski definition) is 1. The zero-order valence-corrected chi connectivity index (χ0v) is 11.5. The molecule has 94 valence electrons. The highest BCUT2D eigenvalue weighted by molar-refractivity contribution is 7.15. The molecule has 0 bridgehead atoms. The molecule has 2 rings (SSSR count). The van der Waals surface area contributed by atoms with E-state index in [1.54, 1.807) is 23.9 Å². The van der Waals surface area contributed by atoms with Crippen LogP contribution in [0.15, 0.2) is 29.2 Å². The molecule has 2 heterocycles. The zero-order valence-electron chi connectivity index (χ0n) is 9.84. The van der Waals surface area contributed by atoms with E-state index in [1.807, 2.05) is 31.3 Å². The van der Waals surface area contributed by atoms with Crippen molar-refractivity contribution in [3.8, 4) is 0 Å². The van der Waals surface area contributed by atoms with Gasteiger partial charge < -0.3 is 14.6 Å². The third-order valence-corrected chi connectivity index (χ3v) is 3.30. The lowest BCUT2D eigenvalue weighted by molar-refractivity contribution is 0.560. The minimum absolute atomic E-state index is 0. The van der Waals surface area contributed by atoms with Gasteiger partial charge in [-0.25, -0.2) is 4.98 Å². The summed E-state index contributed by atoms with van der Waals surface area (Å²) in [4.78, 5) is 7.58. The van der Waals surface area contributed by atoms with Crippen molar-refractivity contribution >= 4 is 28.9 Å². The van der Waals surface area contributed by atoms with E-state index in [9.17, 15) is 0 Å². The van der Waals surface area contributed by atoms with Crippen LogP contribution in [0.4, 0.5) is 5.13 Å². The molecule has 1 N–H and O–H groups in total. The van der Waals surface area contributed by atoms with Crippen molar-refractivity contribution in [2.24, 2.45) is 0 Å². The van der Waals surface area contributed by atoms with Gasteiger partial charge in [0, 0.05) is 43.8 Å². The number of rotatable bonds is 5. The molecule has 0 saturated carbocycles. The van der Waals surface area contributed by atoms with Crippen LogP contribution in [0.5, 0.6) is 0 Å². The lowest BCUT2D eigenvalue weighted by Crippen LogP contribution is -2.11. The van der Waals surface area contributed by atoms with Crippen molar-refractivity contribution in [2.45, 2.75) is 13.1 Å². The number of nitrogens with zero attached hydrogens (tertiary/aromatic N) is 2. The second-order valence-corrected chi connectivity index (χ2v) is 4.83. The maximum atomic E-state index is 5.00. The Morgan fingerprint density at radius 1 is 1.41 bits per heavy atom. The molecule has 0 aliphatic heterocycles. The highest BCUT2D eigenvalue weighted by Crippen LogP contribution is 2.19. The molecule has 0 amide bonds. The van der Waals surface area contributed by atoms with Gasteiger partial charge in [-0.15, -0.1) is 23.7 Å².